The fourth-order valence-corrected chi connectivity index (χ4v) is 3.99. The van der Waals surface area contributed by atoms with Gasteiger partial charge in [-0.05, 0) is 49.9 Å². The molecule has 2 fully saturated rings. The SMILES string of the molecule is CCC1CCC(NC(=O)C2CCC(N)C(C)C2)C1C. The zero-order valence-electron chi connectivity index (χ0n) is 12.7. The summed E-state index contributed by atoms with van der Waals surface area (Å²) in [7, 11) is 0. The summed E-state index contributed by atoms with van der Waals surface area (Å²) < 4.78 is 0. The van der Waals surface area contributed by atoms with Crippen LogP contribution in [0.3, 0.4) is 0 Å². The first kappa shape index (κ1) is 14.8. The molecule has 3 N–H and O–H groups in total. The smallest absolute Gasteiger partial charge is 0.223 e. The third-order valence-electron chi connectivity index (χ3n) is 5.69. The van der Waals surface area contributed by atoms with Gasteiger partial charge < -0.3 is 11.1 Å². The Kier molecular flexibility index (Phi) is 4.88. The molecular formula is C16H30N2O. The molecule has 0 aromatic heterocycles. The first-order chi connectivity index (χ1) is 9.02. The van der Waals surface area contributed by atoms with E-state index in [0.29, 0.717) is 23.9 Å². The van der Waals surface area contributed by atoms with Gasteiger partial charge in [0.25, 0.3) is 0 Å². The summed E-state index contributed by atoms with van der Waals surface area (Å²) in [5.41, 5.74) is 6.03. The van der Waals surface area contributed by atoms with Gasteiger partial charge in [0.05, 0.1) is 0 Å². The van der Waals surface area contributed by atoms with E-state index in [-0.39, 0.29) is 11.8 Å². The van der Waals surface area contributed by atoms with Crippen molar-refractivity contribution in [1.29, 1.82) is 0 Å². The molecule has 6 unspecified atom stereocenters. The molecule has 0 spiro atoms. The molecule has 19 heavy (non-hydrogen) atoms. The molecule has 2 saturated carbocycles. The van der Waals surface area contributed by atoms with Gasteiger partial charge in [0.1, 0.15) is 0 Å². The maximum atomic E-state index is 12.4. The van der Waals surface area contributed by atoms with E-state index in [0.717, 1.165) is 31.6 Å². The summed E-state index contributed by atoms with van der Waals surface area (Å²) in [6, 6.07) is 0.697. The van der Waals surface area contributed by atoms with E-state index in [1.54, 1.807) is 0 Å². The van der Waals surface area contributed by atoms with E-state index < -0.39 is 0 Å². The number of amides is 1. The molecule has 0 aliphatic heterocycles. The van der Waals surface area contributed by atoms with Gasteiger partial charge in [-0.2, -0.15) is 0 Å². The Balaban J connectivity index is 1.85. The Labute approximate surface area is 117 Å². The van der Waals surface area contributed by atoms with Gasteiger partial charge in [-0.3, -0.25) is 4.79 Å². The predicted octanol–water partition coefficient (Wildman–Crippen LogP) is 2.69. The summed E-state index contributed by atoms with van der Waals surface area (Å²) in [4.78, 5) is 12.4. The molecule has 0 heterocycles. The first-order valence-corrected chi connectivity index (χ1v) is 8.08. The third kappa shape index (κ3) is 3.31. The highest BCUT2D eigenvalue weighted by molar-refractivity contribution is 5.79. The minimum absolute atomic E-state index is 0.197. The van der Waals surface area contributed by atoms with Gasteiger partial charge in [-0.15, -0.1) is 0 Å². The van der Waals surface area contributed by atoms with Gasteiger partial charge in [-0.1, -0.05) is 27.2 Å². The van der Waals surface area contributed by atoms with E-state index in [4.69, 9.17) is 5.73 Å². The largest absolute Gasteiger partial charge is 0.353 e. The van der Waals surface area contributed by atoms with Crippen molar-refractivity contribution in [3.8, 4) is 0 Å². The number of carbonyl (C=O) groups excluding carboxylic acids is 1. The lowest BCUT2D eigenvalue weighted by Gasteiger charge is -2.32. The second-order valence-electron chi connectivity index (χ2n) is 6.87. The molecule has 0 bridgehead atoms. The summed E-state index contributed by atoms with van der Waals surface area (Å²) in [5.74, 6) is 2.39. The molecule has 2 aliphatic rings. The van der Waals surface area contributed by atoms with Gasteiger partial charge in [0.2, 0.25) is 5.91 Å². The van der Waals surface area contributed by atoms with E-state index in [1.165, 1.54) is 12.8 Å². The van der Waals surface area contributed by atoms with E-state index in [2.05, 4.69) is 26.1 Å². The zero-order valence-corrected chi connectivity index (χ0v) is 12.7. The maximum absolute atomic E-state index is 12.4. The average molecular weight is 266 g/mol. The van der Waals surface area contributed by atoms with Gasteiger partial charge in [0.15, 0.2) is 0 Å². The minimum Gasteiger partial charge on any atom is -0.353 e. The Hall–Kier alpha value is -0.570. The van der Waals surface area contributed by atoms with Crippen molar-refractivity contribution in [3.05, 3.63) is 0 Å². The van der Waals surface area contributed by atoms with Gasteiger partial charge in [0, 0.05) is 18.0 Å². The summed E-state index contributed by atoms with van der Waals surface area (Å²) in [5, 5.41) is 3.32. The molecule has 2 rings (SSSR count). The van der Waals surface area contributed by atoms with Crippen LogP contribution in [0.2, 0.25) is 0 Å². The molecule has 0 aromatic rings. The molecule has 0 aromatic carbocycles. The lowest BCUT2D eigenvalue weighted by atomic mass is 9.79. The molecule has 0 radical (unpaired) electrons. The summed E-state index contributed by atoms with van der Waals surface area (Å²) >= 11 is 0. The molecular weight excluding hydrogens is 236 g/mol. The fourth-order valence-electron chi connectivity index (χ4n) is 3.99. The zero-order chi connectivity index (χ0) is 14.0. The van der Waals surface area contributed by atoms with Crippen molar-refractivity contribution >= 4 is 5.91 Å². The van der Waals surface area contributed by atoms with Crippen molar-refractivity contribution in [2.24, 2.45) is 29.4 Å². The Morgan fingerprint density at radius 1 is 1.21 bits per heavy atom. The van der Waals surface area contributed by atoms with Crippen LogP contribution < -0.4 is 11.1 Å². The van der Waals surface area contributed by atoms with E-state index in [1.807, 2.05) is 0 Å². The van der Waals surface area contributed by atoms with Crippen molar-refractivity contribution in [2.45, 2.75) is 71.4 Å². The summed E-state index contributed by atoms with van der Waals surface area (Å²) in [6.07, 6.45) is 6.60. The molecule has 3 nitrogen and oxygen atoms in total. The van der Waals surface area contributed by atoms with Crippen molar-refractivity contribution in [2.75, 3.05) is 0 Å². The minimum atomic E-state index is 0.197. The molecule has 1 amide bonds. The summed E-state index contributed by atoms with van der Waals surface area (Å²) in [6.45, 7) is 6.73. The highest BCUT2D eigenvalue weighted by atomic mass is 16.1. The second-order valence-corrected chi connectivity index (χ2v) is 6.87. The number of carbonyl (C=O) groups is 1. The van der Waals surface area contributed by atoms with Crippen LogP contribution in [0, 0.1) is 23.7 Å². The Bertz CT molecular complexity index is 318. The van der Waals surface area contributed by atoms with E-state index in [9.17, 15) is 4.79 Å². The number of nitrogens with one attached hydrogen (secondary N) is 1. The van der Waals surface area contributed by atoms with Crippen LogP contribution >= 0.6 is 0 Å². The van der Waals surface area contributed by atoms with Crippen LogP contribution in [-0.2, 0) is 4.79 Å². The first-order valence-electron chi connectivity index (χ1n) is 8.08. The standard InChI is InChI=1S/C16H30N2O/c1-4-12-6-8-15(11(12)3)18-16(19)13-5-7-14(17)10(2)9-13/h10-15H,4-9,17H2,1-3H3,(H,18,19). The third-order valence-corrected chi connectivity index (χ3v) is 5.69. The van der Waals surface area contributed by atoms with E-state index >= 15 is 0 Å². The molecule has 6 atom stereocenters. The van der Waals surface area contributed by atoms with Gasteiger partial charge >= 0.3 is 0 Å². The van der Waals surface area contributed by atoms with Crippen LogP contribution in [0.1, 0.15) is 59.3 Å². The lowest BCUT2D eigenvalue weighted by molar-refractivity contribution is -0.127. The van der Waals surface area contributed by atoms with Crippen molar-refractivity contribution in [1.82, 2.24) is 5.32 Å². The maximum Gasteiger partial charge on any atom is 0.223 e. The molecule has 3 heteroatoms. The number of nitrogens with two attached hydrogens (primary N) is 1. The highest BCUT2D eigenvalue weighted by Gasteiger charge is 2.35. The predicted molar refractivity (Wildman–Crippen MR) is 78.6 cm³/mol. The van der Waals surface area contributed by atoms with Crippen molar-refractivity contribution in [3.63, 3.8) is 0 Å². The van der Waals surface area contributed by atoms with Crippen LogP contribution in [0.25, 0.3) is 0 Å². The molecule has 110 valence electrons. The van der Waals surface area contributed by atoms with Crippen LogP contribution in [0.5, 0.6) is 0 Å². The number of hydrogen-bond donors (Lipinski definition) is 2. The van der Waals surface area contributed by atoms with Crippen LogP contribution in [-0.4, -0.2) is 18.0 Å². The lowest BCUT2D eigenvalue weighted by Crippen LogP contribution is -2.44. The Morgan fingerprint density at radius 3 is 2.53 bits per heavy atom. The highest BCUT2D eigenvalue weighted by Crippen LogP contribution is 2.35. The normalized spacial score (nSPS) is 43.2. The monoisotopic (exact) mass is 266 g/mol. The van der Waals surface area contributed by atoms with Crippen molar-refractivity contribution < 1.29 is 4.79 Å². The van der Waals surface area contributed by atoms with Crippen LogP contribution in [0.4, 0.5) is 0 Å². The average Bonchev–Trinajstić information content (AvgIpc) is 2.73. The Morgan fingerprint density at radius 2 is 1.95 bits per heavy atom. The van der Waals surface area contributed by atoms with Crippen LogP contribution in [0.15, 0.2) is 0 Å². The quantitative estimate of drug-likeness (QED) is 0.825. The van der Waals surface area contributed by atoms with Gasteiger partial charge in [-0.25, -0.2) is 0 Å². The molecule has 0 saturated heterocycles. The number of rotatable bonds is 3. The molecule has 2 aliphatic carbocycles. The second kappa shape index (κ2) is 6.25. The fraction of sp³-hybridized carbons (Fsp3) is 0.938. The topological polar surface area (TPSA) is 55.1 Å². The number of hydrogen-bond acceptors (Lipinski definition) is 2.